The lowest BCUT2D eigenvalue weighted by atomic mass is 10.1. The summed E-state index contributed by atoms with van der Waals surface area (Å²) in [5, 5.41) is 11.9. The fourth-order valence-electron chi connectivity index (χ4n) is 1.83. The maximum Gasteiger partial charge on any atom is 0.193 e. The molecular formula is C16H16N4. The van der Waals surface area contributed by atoms with E-state index in [4.69, 9.17) is 11.0 Å². The Labute approximate surface area is 118 Å². The lowest BCUT2D eigenvalue weighted by Gasteiger charge is -2.06. The Kier molecular flexibility index (Phi) is 4.35. The fraction of sp³-hybridized carbons (Fsp3) is 0.125. The lowest BCUT2D eigenvalue weighted by Crippen LogP contribution is -2.22. The lowest BCUT2D eigenvalue weighted by molar-refractivity contribution is 1.06. The van der Waals surface area contributed by atoms with E-state index in [0.717, 1.165) is 16.8 Å². The Bertz CT molecular complexity index is 668. The van der Waals surface area contributed by atoms with Crippen molar-refractivity contribution in [2.45, 2.75) is 13.5 Å². The zero-order valence-electron chi connectivity index (χ0n) is 11.3. The van der Waals surface area contributed by atoms with E-state index in [0.29, 0.717) is 18.1 Å². The maximum absolute atomic E-state index is 8.84. The van der Waals surface area contributed by atoms with Gasteiger partial charge in [0.1, 0.15) is 0 Å². The number of hydrogen-bond acceptors (Lipinski definition) is 2. The molecule has 0 bridgehead atoms. The van der Waals surface area contributed by atoms with Crippen LogP contribution in [0.15, 0.2) is 53.5 Å². The summed E-state index contributed by atoms with van der Waals surface area (Å²) in [5.41, 5.74) is 9.50. The number of nitrogens with one attached hydrogen (secondary N) is 1. The van der Waals surface area contributed by atoms with Crippen LogP contribution >= 0.6 is 0 Å². The molecule has 0 fully saturated rings. The monoisotopic (exact) mass is 264 g/mol. The van der Waals surface area contributed by atoms with Gasteiger partial charge in [-0.1, -0.05) is 24.3 Å². The molecule has 0 saturated heterocycles. The molecule has 4 nitrogen and oxygen atoms in total. The number of nitrogens with zero attached hydrogens (tertiary/aromatic N) is 2. The molecule has 0 heterocycles. The first-order valence-corrected chi connectivity index (χ1v) is 6.30. The van der Waals surface area contributed by atoms with Crippen molar-refractivity contribution in [2.75, 3.05) is 5.32 Å². The van der Waals surface area contributed by atoms with E-state index >= 15 is 0 Å². The topological polar surface area (TPSA) is 74.2 Å². The van der Waals surface area contributed by atoms with Crippen molar-refractivity contribution < 1.29 is 0 Å². The zero-order valence-corrected chi connectivity index (χ0v) is 11.3. The molecule has 2 aromatic carbocycles. The summed E-state index contributed by atoms with van der Waals surface area (Å²) in [6.07, 6.45) is 0. The first-order valence-electron chi connectivity index (χ1n) is 6.30. The number of anilines is 1. The van der Waals surface area contributed by atoms with Gasteiger partial charge in [0.2, 0.25) is 0 Å². The molecule has 0 radical (unpaired) electrons. The van der Waals surface area contributed by atoms with E-state index in [-0.39, 0.29) is 0 Å². The highest BCUT2D eigenvalue weighted by Gasteiger charge is 1.97. The Balaban J connectivity index is 2.02. The van der Waals surface area contributed by atoms with Crippen molar-refractivity contribution in [2.24, 2.45) is 10.7 Å². The molecule has 2 rings (SSSR count). The smallest absolute Gasteiger partial charge is 0.193 e. The highest BCUT2D eigenvalue weighted by Crippen LogP contribution is 2.09. The van der Waals surface area contributed by atoms with Crippen LogP contribution in [0.1, 0.15) is 16.7 Å². The predicted octanol–water partition coefficient (Wildman–Crippen LogP) is 2.79. The van der Waals surface area contributed by atoms with Crippen molar-refractivity contribution in [3.8, 4) is 6.07 Å². The quantitative estimate of drug-likeness (QED) is 0.661. The SMILES string of the molecule is Cc1cccc(NC(N)=NCc2cccc(C#N)c2)c1. The van der Waals surface area contributed by atoms with E-state index in [2.05, 4.69) is 16.4 Å². The molecule has 0 unspecified atom stereocenters. The van der Waals surface area contributed by atoms with Gasteiger partial charge >= 0.3 is 0 Å². The van der Waals surface area contributed by atoms with Gasteiger partial charge in [0.25, 0.3) is 0 Å². The molecule has 0 aliphatic rings. The maximum atomic E-state index is 8.84. The number of hydrogen-bond donors (Lipinski definition) is 2. The standard InChI is InChI=1S/C16H16N4/c1-12-4-2-7-15(8-12)20-16(18)19-11-14-6-3-5-13(9-14)10-17/h2-9H,11H2,1H3,(H3,18,19,20). The highest BCUT2D eigenvalue weighted by atomic mass is 15.1. The summed E-state index contributed by atoms with van der Waals surface area (Å²) in [6, 6.07) is 17.4. The predicted molar refractivity (Wildman–Crippen MR) is 81.3 cm³/mol. The Hall–Kier alpha value is -2.80. The minimum absolute atomic E-state index is 0.359. The fourth-order valence-corrected chi connectivity index (χ4v) is 1.83. The second-order valence-corrected chi connectivity index (χ2v) is 4.51. The molecule has 0 atom stereocenters. The molecule has 0 aromatic heterocycles. The second-order valence-electron chi connectivity index (χ2n) is 4.51. The van der Waals surface area contributed by atoms with Gasteiger partial charge < -0.3 is 11.1 Å². The minimum atomic E-state index is 0.359. The van der Waals surface area contributed by atoms with Gasteiger partial charge in [-0.3, -0.25) is 0 Å². The molecule has 2 aromatic rings. The molecule has 0 aliphatic heterocycles. The number of nitriles is 1. The van der Waals surface area contributed by atoms with Gasteiger partial charge in [-0.25, -0.2) is 4.99 Å². The van der Waals surface area contributed by atoms with Gasteiger partial charge in [0.15, 0.2) is 5.96 Å². The first kappa shape index (κ1) is 13.6. The van der Waals surface area contributed by atoms with Crippen LogP contribution < -0.4 is 11.1 Å². The van der Waals surface area contributed by atoms with Gasteiger partial charge in [-0.15, -0.1) is 0 Å². The van der Waals surface area contributed by atoms with E-state index in [9.17, 15) is 0 Å². The molecular weight excluding hydrogens is 248 g/mol. The average molecular weight is 264 g/mol. The third kappa shape index (κ3) is 3.85. The molecule has 3 N–H and O–H groups in total. The van der Waals surface area contributed by atoms with Crippen molar-refractivity contribution in [1.29, 1.82) is 5.26 Å². The zero-order chi connectivity index (χ0) is 14.4. The largest absolute Gasteiger partial charge is 0.370 e. The van der Waals surface area contributed by atoms with Crippen molar-refractivity contribution in [3.05, 3.63) is 65.2 Å². The summed E-state index contributed by atoms with van der Waals surface area (Å²) in [7, 11) is 0. The van der Waals surface area contributed by atoms with Crippen LogP contribution in [-0.2, 0) is 6.54 Å². The van der Waals surface area contributed by atoms with Crippen LogP contribution in [0, 0.1) is 18.3 Å². The van der Waals surface area contributed by atoms with E-state index in [1.54, 1.807) is 6.07 Å². The van der Waals surface area contributed by atoms with E-state index < -0.39 is 0 Å². The molecule has 4 heteroatoms. The number of guanidine groups is 1. The molecule has 100 valence electrons. The van der Waals surface area contributed by atoms with E-state index in [1.165, 1.54) is 0 Å². The average Bonchev–Trinajstić information content (AvgIpc) is 2.45. The third-order valence-corrected chi connectivity index (χ3v) is 2.78. The third-order valence-electron chi connectivity index (χ3n) is 2.78. The van der Waals surface area contributed by atoms with Crippen LogP contribution in [0.2, 0.25) is 0 Å². The number of aryl methyl sites for hydroxylation is 1. The molecule has 0 saturated carbocycles. The summed E-state index contributed by atoms with van der Waals surface area (Å²) in [4.78, 5) is 4.27. The molecule has 0 aliphatic carbocycles. The number of rotatable bonds is 3. The summed E-state index contributed by atoms with van der Waals surface area (Å²) in [5.74, 6) is 0.359. The van der Waals surface area contributed by atoms with Gasteiger partial charge in [-0.2, -0.15) is 5.26 Å². The Morgan fingerprint density at radius 3 is 2.80 bits per heavy atom. The molecule has 0 amide bonds. The second kappa shape index (κ2) is 6.39. The van der Waals surface area contributed by atoms with Crippen LogP contribution in [0.5, 0.6) is 0 Å². The normalized spacial score (nSPS) is 10.9. The van der Waals surface area contributed by atoms with Crippen LogP contribution in [-0.4, -0.2) is 5.96 Å². The number of nitrogens with two attached hydrogens (primary N) is 1. The summed E-state index contributed by atoms with van der Waals surface area (Å²) < 4.78 is 0. The van der Waals surface area contributed by atoms with Crippen LogP contribution in [0.25, 0.3) is 0 Å². The minimum Gasteiger partial charge on any atom is -0.370 e. The first-order chi connectivity index (χ1) is 9.67. The van der Waals surface area contributed by atoms with Gasteiger partial charge in [0, 0.05) is 5.69 Å². The number of benzene rings is 2. The Morgan fingerprint density at radius 2 is 2.05 bits per heavy atom. The van der Waals surface area contributed by atoms with Crippen molar-refractivity contribution >= 4 is 11.6 Å². The highest BCUT2D eigenvalue weighted by molar-refractivity contribution is 5.92. The van der Waals surface area contributed by atoms with E-state index in [1.807, 2.05) is 49.4 Å². The van der Waals surface area contributed by atoms with Crippen molar-refractivity contribution in [3.63, 3.8) is 0 Å². The summed E-state index contributed by atoms with van der Waals surface area (Å²) in [6.45, 7) is 2.46. The van der Waals surface area contributed by atoms with Crippen molar-refractivity contribution in [1.82, 2.24) is 0 Å². The van der Waals surface area contributed by atoms with Crippen LogP contribution in [0.4, 0.5) is 5.69 Å². The number of aliphatic imine (C=N–C) groups is 1. The van der Waals surface area contributed by atoms with Gasteiger partial charge in [0.05, 0.1) is 18.2 Å². The Morgan fingerprint density at radius 1 is 1.25 bits per heavy atom. The molecule has 0 spiro atoms. The molecule has 20 heavy (non-hydrogen) atoms. The summed E-state index contributed by atoms with van der Waals surface area (Å²) >= 11 is 0. The van der Waals surface area contributed by atoms with Gasteiger partial charge in [-0.05, 0) is 42.3 Å². The van der Waals surface area contributed by atoms with Crippen LogP contribution in [0.3, 0.4) is 0 Å².